The highest BCUT2D eigenvalue weighted by molar-refractivity contribution is 7.92. The summed E-state index contributed by atoms with van der Waals surface area (Å²) in [5.74, 6) is 0.510. The van der Waals surface area contributed by atoms with Gasteiger partial charge in [-0.1, -0.05) is 12.1 Å². The fraction of sp³-hybridized carbons (Fsp3) is 0.278. The molecule has 0 aliphatic carbocycles. The lowest BCUT2D eigenvalue weighted by atomic mass is 10.2. The number of anilines is 2. The molecule has 8 heteroatoms. The van der Waals surface area contributed by atoms with Gasteiger partial charge in [0.05, 0.1) is 31.9 Å². The zero-order chi connectivity index (χ0) is 19.3. The van der Waals surface area contributed by atoms with Gasteiger partial charge in [0, 0.05) is 6.07 Å². The van der Waals surface area contributed by atoms with E-state index in [2.05, 4.69) is 5.32 Å². The summed E-state index contributed by atoms with van der Waals surface area (Å²) >= 11 is 0. The summed E-state index contributed by atoms with van der Waals surface area (Å²) in [5.41, 5.74) is 1.77. The minimum Gasteiger partial charge on any atom is -0.497 e. The Bertz CT molecular complexity index is 896. The number of aryl methyl sites for hydroxylation is 1. The van der Waals surface area contributed by atoms with E-state index < -0.39 is 15.9 Å². The molecule has 2 rings (SSSR count). The highest BCUT2D eigenvalue weighted by Crippen LogP contribution is 2.26. The van der Waals surface area contributed by atoms with E-state index >= 15 is 0 Å². The monoisotopic (exact) mass is 378 g/mol. The summed E-state index contributed by atoms with van der Waals surface area (Å²) < 4.78 is 35.7. The Morgan fingerprint density at radius 2 is 1.85 bits per heavy atom. The number of benzene rings is 2. The molecule has 7 nitrogen and oxygen atoms in total. The first-order chi connectivity index (χ1) is 12.2. The molecule has 1 N–H and O–H groups in total. The van der Waals surface area contributed by atoms with E-state index in [1.807, 2.05) is 13.0 Å². The summed E-state index contributed by atoms with van der Waals surface area (Å²) in [6.07, 6.45) is 1.05. The average molecular weight is 378 g/mol. The van der Waals surface area contributed by atoms with Crippen molar-refractivity contribution in [2.45, 2.75) is 6.92 Å². The van der Waals surface area contributed by atoms with Crippen LogP contribution in [0.3, 0.4) is 0 Å². The molecule has 0 bridgehead atoms. The van der Waals surface area contributed by atoms with Gasteiger partial charge in [-0.2, -0.15) is 0 Å². The highest BCUT2D eigenvalue weighted by Gasteiger charge is 2.22. The molecule has 0 aromatic heterocycles. The van der Waals surface area contributed by atoms with Crippen LogP contribution >= 0.6 is 0 Å². The number of hydrogen-bond acceptors (Lipinski definition) is 5. The third-order valence-electron chi connectivity index (χ3n) is 3.66. The maximum Gasteiger partial charge on any atom is 0.245 e. The normalized spacial score (nSPS) is 10.9. The second-order valence-electron chi connectivity index (χ2n) is 5.72. The Morgan fingerprint density at radius 3 is 2.46 bits per heavy atom. The fourth-order valence-corrected chi connectivity index (χ4v) is 3.25. The first-order valence-corrected chi connectivity index (χ1v) is 9.65. The van der Waals surface area contributed by atoms with Crippen molar-refractivity contribution in [3.8, 4) is 11.5 Å². The molecule has 0 heterocycles. The second kappa shape index (κ2) is 8.09. The Labute approximate surface area is 153 Å². The van der Waals surface area contributed by atoms with Crippen molar-refractivity contribution in [3.63, 3.8) is 0 Å². The minimum absolute atomic E-state index is 0.346. The maximum absolute atomic E-state index is 12.5. The molecule has 0 unspecified atom stereocenters. The van der Waals surface area contributed by atoms with Crippen LogP contribution in [-0.4, -0.2) is 41.3 Å². The molecule has 0 atom stereocenters. The molecular weight excluding hydrogens is 356 g/mol. The molecule has 0 aliphatic rings. The molecule has 2 aromatic carbocycles. The van der Waals surface area contributed by atoms with Gasteiger partial charge in [0.25, 0.3) is 0 Å². The van der Waals surface area contributed by atoms with E-state index in [0.717, 1.165) is 16.1 Å². The van der Waals surface area contributed by atoms with Crippen LogP contribution in [0.4, 0.5) is 11.4 Å². The van der Waals surface area contributed by atoms with E-state index in [-0.39, 0.29) is 6.54 Å². The van der Waals surface area contributed by atoms with Crippen molar-refractivity contribution in [1.29, 1.82) is 0 Å². The first kappa shape index (κ1) is 19.6. The molecule has 0 saturated heterocycles. The zero-order valence-electron chi connectivity index (χ0n) is 15.1. The number of hydrogen-bond donors (Lipinski definition) is 1. The number of nitrogens with one attached hydrogen (secondary N) is 1. The van der Waals surface area contributed by atoms with Crippen molar-refractivity contribution >= 4 is 27.3 Å². The van der Waals surface area contributed by atoms with E-state index in [1.165, 1.54) is 14.2 Å². The summed E-state index contributed by atoms with van der Waals surface area (Å²) in [7, 11) is -0.682. The van der Waals surface area contributed by atoms with Crippen LogP contribution in [0, 0.1) is 6.92 Å². The van der Waals surface area contributed by atoms with Crippen molar-refractivity contribution < 1.29 is 22.7 Å². The van der Waals surface area contributed by atoms with Gasteiger partial charge in [0.15, 0.2) is 0 Å². The van der Waals surface area contributed by atoms with Crippen molar-refractivity contribution in [2.24, 2.45) is 0 Å². The quantitative estimate of drug-likeness (QED) is 0.800. The van der Waals surface area contributed by atoms with Gasteiger partial charge < -0.3 is 14.8 Å². The maximum atomic E-state index is 12.5. The number of nitrogens with zero attached hydrogens (tertiary/aromatic N) is 1. The third kappa shape index (κ3) is 4.89. The third-order valence-corrected chi connectivity index (χ3v) is 4.80. The minimum atomic E-state index is -3.67. The smallest absolute Gasteiger partial charge is 0.245 e. The molecule has 140 valence electrons. The van der Waals surface area contributed by atoms with Crippen LogP contribution in [0.15, 0.2) is 42.5 Å². The lowest BCUT2D eigenvalue weighted by Gasteiger charge is -2.22. The number of ether oxygens (including phenoxy) is 2. The van der Waals surface area contributed by atoms with Crippen LogP contribution in [0.2, 0.25) is 0 Å². The molecule has 0 spiro atoms. The molecule has 26 heavy (non-hydrogen) atoms. The number of sulfonamides is 1. The van der Waals surface area contributed by atoms with Gasteiger partial charge >= 0.3 is 0 Å². The van der Waals surface area contributed by atoms with Crippen molar-refractivity contribution in [3.05, 3.63) is 48.0 Å². The predicted molar refractivity (Wildman–Crippen MR) is 102 cm³/mol. The predicted octanol–water partition coefficient (Wildman–Crippen LogP) is 2.42. The number of carbonyl (C=O) groups is 1. The van der Waals surface area contributed by atoms with Crippen molar-refractivity contribution in [2.75, 3.05) is 36.6 Å². The van der Waals surface area contributed by atoms with Gasteiger partial charge in [-0.25, -0.2) is 8.42 Å². The van der Waals surface area contributed by atoms with Gasteiger partial charge in [-0.3, -0.25) is 9.10 Å². The van der Waals surface area contributed by atoms with Crippen LogP contribution in [0.1, 0.15) is 5.56 Å². The van der Waals surface area contributed by atoms with Gasteiger partial charge in [-0.15, -0.1) is 0 Å². The van der Waals surface area contributed by atoms with Crippen LogP contribution < -0.4 is 19.1 Å². The largest absolute Gasteiger partial charge is 0.497 e. The molecule has 0 saturated carbocycles. The van der Waals surface area contributed by atoms with Gasteiger partial charge in [-0.05, 0) is 36.8 Å². The number of amides is 1. The van der Waals surface area contributed by atoms with E-state index in [0.29, 0.717) is 22.9 Å². The molecule has 2 aromatic rings. The Morgan fingerprint density at radius 1 is 1.12 bits per heavy atom. The molecule has 0 fully saturated rings. The topological polar surface area (TPSA) is 84.9 Å². The Hall–Kier alpha value is -2.74. The Balaban J connectivity index is 2.26. The van der Waals surface area contributed by atoms with Crippen molar-refractivity contribution in [1.82, 2.24) is 0 Å². The van der Waals surface area contributed by atoms with E-state index in [1.54, 1.807) is 36.4 Å². The van der Waals surface area contributed by atoms with Crippen LogP contribution in [-0.2, 0) is 14.8 Å². The zero-order valence-corrected chi connectivity index (χ0v) is 16.0. The standard InChI is InChI=1S/C18H22N2O5S/c1-13-8-9-17(25-3)16(10-13)19-18(21)12-20(26(4,22)23)14-6-5-7-15(11-14)24-2/h5-11H,12H2,1-4H3,(H,19,21). The second-order valence-corrected chi connectivity index (χ2v) is 7.63. The van der Waals surface area contributed by atoms with Crippen LogP contribution in [0.25, 0.3) is 0 Å². The van der Waals surface area contributed by atoms with Gasteiger partial charge in [0.1, 0.15) is 18.0 Å². The molecule has 0 aliphatic heterocycles. The molecule has 0 radical (unpaired) electrons. The van der Waals surface area contributed by atoms with E-state index in [9.17, 15) is 13.2 Å². The highest BCUT2D eigenvalue weighted by atomic mass is 32.2. The first-order valence-electron chi connectivity index (χ1n) is 7.81. The van der Waals surface area contributed by atoms with Crippen LogP contribution in [0.5, 0.6) is 11.5 Å². The Kier molecular flexibility index (Phi) is 6.10. The summed E-state index contributed by atoms with van der Waals surface area (Å²) in [4.78, 5) is 12.5. The molecule has 1 amide bonds. The molecular formula is C18H22N2O5S. The lowest BCUT2D eigenvalue weighted by Crippen LogP contribution is -2.37. The van der Waals surface area contributed by atoms with Gasteiger partial charge in [0.2, 0.25) is 15.9 Å². The summed E-state index contributed by atoms with van der Waals surface area (Å²) in [6, 6.07) is 11.9. The average Bonchev–Trinajstić information content (AvgIpc) is 2.59. The number of carbonyl (C=O) groups excluding carboxylic acids is 1. The number of methoxy groups -OCH3 is 2. The SMILES string of the molecule is COc1cccc(N(CC(=O)Nc2cc(C)ccc2OC)S(C)(=O)=O)c1. The van der Waals surface area contributed by atoms with E-state index in [4.69, 9.17) is 9.47 Å². The summed E-state index contributed by atoms with van der Waals surface area (Å²) in [6.45, 7) is 1.51. The number of rotatable bonds is 7. The lowest BCUT2D eigenvalue weighted by molar-refractivity contribution is -0.114. The summed E-state index contributed by atoms with van der Waals surface area (Å²) in [5, 5.41) is 2.70. The fourth-order valence-electron chi connectivity index (χ4n) is 2.41.